The van der Waals surface area contributed by atoms with Crippen LogP contribution in [0.2, 0.25) is 13.1 Å². The number of para-hydroxylation sites is 1. The zero-order valence-corrected chi connectivity index (χ0v) is 62.5. The molecule has 0 saturated carbocycles. The van der Waals surface area contributed by atoms with Crippen LogP contribution in [0.15, 0.2) is 227 Å². The van der Waals surface area contributed by atoms with E-state index < -0.39 is 13.5 Å². The lowest BCUT2D eigenvalue weighted by atomic mass is 9.66. The average molecular weight is 1300 g/mol. The first-order valence-electron chi connectivity index (χ1n) is 35.6. The number of hydrogen-bond acceptors (Lipinski definition) is 4. The maximum absolute atomic E-state index is 7.88. The molecule has 3 heterocycles. The molecule has 2 aromatic heterocycles. The summed E-state index contributed by atoms with van der Waals surface area (Å²) in [4.78, 5) is 5.16. The highest BCUT2D eigenvalue weighted by Crippen LogP contribution is 2.65. The molecular formula is C93H96N2O2Si. The monoisotopic (exact) mass is 1300 g/mol. The lowest BCUT2D eigenvalue weighted by Crippen LogP contribution is -2.50. The van der Waals surface area contributed by atoms with E-state index in [4.69, 9.17) is 8.83 Å². The third-order valence-corrected chi connectivity index (χ3v) is 25.4. The topological polar surface area (TPSA) is 32.8 Å². The van der Waals surface area contributed by atoms with Crippen LogP contribution in [0.5, 0.6) is 0 Å². The number of benzene rings is 11. The Morgan fingerprint density at radius 2 is 0.694 bits per heavy atom. The Morgan fingerprint density at radius 3 is 1.18 bits per heavy atom. The summed E-state index contributed by atoms with van der Waals surface area (Å²) in [6.45, 7) is 46.8. The first-order valence-corrected chi connectivity index (χ1v) is 38.6. The maximum Gasteiger partial charge on any atom is 0.145 e. The third kappa shape index (κ3) is 10.3. The van der Waals surface area contributed by atoms with Gasteiger partial charge in [0.25, 0.3) is 0 Å². The van der Waals surface area contributed by atoms with Crippen LogP contribution in [0.4, 0.5) is 34.1 Å². The van der Waals surface area contributed by atoms with Crippen molar-refractivity contribution >= 4 is 96.4 Å². The predicted molar refractivity (Wildman–Crippen MR) is 422 cm³/mol. The fourth-order valence-corrected chi connectivity index (χ4v) is 19.6. The van der Waals surface area contributed by atoms with Gasteiger partial charge in [0.05, 0.1) is 16.5 Å². The van der Waals surface area contributed by atoms with Crippen LogP contribution in [0, 0.1) is 0 Å². The number of fused-ring (bicyclic) bond motifs is 14. The molecule has 0 radical (unpaired) electrons. The minimum Gasteiger partial charge on any atom is -0.456 e. The molecule has 98 heavy (non-hydrogen) atoms. The van der Waals surface area contributed by atoms with Gasteiger partial charge in [-0.25, -0.2) is 0 Å². The second-order valence-corrected chi connectivity index (χ2v) is 39.4. The smallest absolute Gasteiger partial charge is 0.145 e. The van der Waals surface area contributed by atoms with E-state index in [1.54, 1.807) is 0 Å². The van der Waals surface area contributed by atoms with Gasteiger partial charge >= 0.3 is 0 Å². The molecule has 11 aromatic carbocycles. The van der Waals surface area contributed by atoms with Gasteiger partial charge in [-0.05, 0) is 206 Å². The minimum atomic E-state index is -2.66. The zero-order chi connectivity index (χ0) is 69.3. The van der Waals surface area contributed by atoms with Gasteiger partial charge in [-0.15, -0.1) is 0 Å². The van der Waals surface area contributed by atoms with E-state index in [2.05, 4.69) is 366 Å². The number of furan rings is 2. The summed E-state index contributed by atoms with van der Waals surface area (Å²) in [6.07, 6.45) is 0. The second kappa shape index (κ2) is 22.2. The molecule has 0 N–H and O–H groups in total. The molecule has 1 aliphatic carbocycles. The fraction of sp³-hybridized carbons (Fsp3) is 0.290. The third-order valence-electron chi connectivity index (χ3n) is 21.9. The quantitative estimate of drug-likeness (QED) is 0.142. The lowest BCUT2D eigenvalue weighted by Gasteiger charge is -2.37. The van der Waals surface area contributed by atoms with Crippen LogP contribution in [-0.4, -0.2) is 8.07 Å². The zero-order valence-electron chi connectivity index (χ0n) is 61.5. The van der Waals surface area contributed by atoms with E-state index in [0.717, 1.165) is 83.4 Å². The molecule has 1 unspecified atom stereocenters. The largest absolute Gasteiger partial charge is 0.456 e. The molecule has 5 heteroatoms. The predicted octanol–water partition coefficient (Wildman–Crippen LogP) is 25.4. The molecule has 0 fully saturated rings. The lowest BCUT2D eigenvalue weighted by molar-refractivity contribution is 0.589. The molecule has 2 aliphatic rings. The molecule has 0 amide bonds. The number of rotatable bonds is 8. The van der Waals surface area contributed by atoms with E-state index in [0.29, 0.717) is 0 Å². The summed E-state index contributed by atoms with van der Waals surface area (Å²) in [5, 5.41) is 7.21. The van der Waals surface area contributed by atoms with E-state index in [1.807, 2.05) is 0 Å². The van der Waals surface area contributed by atoms with Crippen LogP contribution < -0.4 is 20.2 Å². The summed E-state index contributed by atoms with van der Waals surface area (Å²) < 4.78 is 14.9. The fourth-order valence-electron chi connectivity index (χ4n) is 16.2. The molecular weight excluding hydrogens is 1210 g/mol. The number of nitrogens with zero attached hydrogens (tertiary/aromatic N) is 2. The van der Waals surface area contributed by atoms with E-state index in [9.17, 15) is 0 Å². The van der Waals surface area contributed by atoms with Crippen LogP contribution in [-0.2, 0) is 37.9 Å². The van der Waals surface area contributed by atoms with Gasteiger partial charge < -0.3 is 18.6 Å². The Hall–Kier alpha value is -9.16. The van der Waals surface area contributed by atoms with Gasteiger partial charge in [0.1, 0.15) is 30.4 Å². The van der Waals surface area contributed by atoms with E-state index in [-0.39, 0.29) is 32.5 Å². The normalized spacial score (nSPS) is 15.5. The summed E-state index contributed by atoms with van der Waals surface area (Å²) in [5.74, 6) is 0. The van der Waals surface area contributed by atoms with Crippen LogP contribution in [0.25, 0.3) is 66.1 Å². The van der Waals surface area contributed by atoms with Gasteiger partial charge in [0, 0.05) is 50.2 Å². The molecule has 1 atom stereocenters. The average Bonchev–Trinajstić information content (AvgIpc) is 1.49. The van der Waals surface area contributed by atoms with Gasteiger partial charge in [-0.3, -0.25) is 0 Å². The second-order valence-electron chi connectivity index (χ2n) is 35.1. The van der Waals surface area contributed by atoms with Crippen LogP contribution in [0.3, 0.4) is 0 Å². The summed E-state index contributed by atoms with van der Waals surface area (Å²) in [7, 11) is -2.66. The molecule has 15 rings (SSSR count). The van der Waals surface area contributed by atoms with Gasteiger partial charge in [-0.1, -0.05) is 265 Å². The van der Waals surface area contributed by atoms with Gasteiger partial charge in [0.15, 0.2) is 0 Å². The highest BCUT2D eigenvalue weighted by molar-refractivity contribution is 7.05. The van der Waals surface area contributed by atoms with Crippen molar-refractivity contribution < 1.29 is 8.83 Å². The molecule has 0 spiro atoms. The van der Waals surface area contributed by atoms with Crippen molar-refractivity contribution in [1.82, 2.24) is 0 Å². The summed E-state index contributed by atoms with van der Waals surface area (Å²) >= 11 is 0. The molecule has 0 bridgehead atoms. The summed E-state index contributed by atoms with van der Waals surface area (Å²) in [6, 6.07) is 85.0. The Bertz CT molecular complexity index is 5190. The molecule has 13 aromatic rings. The Balaban J connectivity index is 1.18. The van der Waals surface area contributed by atoms with Crippen molar-refractivity contribution in [2.75, 3.05) is 9.80 Å². The SMILES string of the molecule is CC(C)(C)c1ccc(N(c2ccc(C(C)(C)C)cc2)c2cc3c(c4c2[Si](C)(C)c2ccccc2-4)-c2c(cc(N(c4ccc(C(C)(C)C)cc4)c4ccc(C(C)(C)C)cc4)c4c2oc2ccccc24)C3(c2ccc(C(C)(C)C)cc2)c2ccc3oc4ccc(C(C)(C)C)cc4c3c2)cc1. The standard InChI is InChI=1S/C93H96N2O2Si/c1-87(2,3)57-29-31-62(32-30-57)93(64-42-52-79-72(54-64)71-53-63(92(16,17)18)41-51-78(71)96-79)73-56-76(95(67-47-37-60(38-48-67)90(10,11)12)68-49-39-61(40-50-68)91(13,14)15)86-82(70-26-22-24-28-80(70)98(86,19)20)83(73)84-74(93)55-75(81-69-25-21-23-27-77(69)97-85(81)84)94(65-43-33-58(34-44-65)88(4,5)6)66-45-35-59(36-46-66)89(7,8)9/h21-56H,1-20H3. The molecule has 4 nitrogen and oxygen atoms in total. The van der Waals surface area contributed by atoms with Crippen molar-refractivity contribution in [1.29, 1.82) is 0 Å². The maximum atomic E-state index is 7.88. The highest BCUT2D eigenvalue weighted by atomic mass is 28.3. The Morgan fingerprint density at radius 1 is 0.316 bits per heavy atom. The minimum absolute atomic E-state index is 0.0467. The van der Waals surface area contributed by atoms with Crippen molar-refractivity contribution in [3.63, 3.8) is 0 Å². The van der Waals surface area contributed by atoms with Crippen molar-refractivity contribution in [3.8, 4) is 22.3 Å². The molecule has 1 aliphatic heterocycles. The van der Waals surface area contributed by atoms with Crippen molar-refractivity contribution in [2.45, 2.75) is 176 Å². The number of anilines is 6. The Kier molecular flexibility index (Phi) is 14.7. The van der Waals surface area contributed by atoms with Crippen molar-refractivity contribution in [3.05, 3.63) is 274 Å². The van der Waals surface area contributed by atoms with Crippen LogP contribution >= 0.6 is 0 Å². The van der Waals surface area contributed by atoms with Crippen LogP contribution in [0.1, 0.15) is 180 Å². The van der Waals surface area contributed by atoms with E-state index >= 15 is 0 Å². The molecule has 0 saturated heterocycles. The number of hydrogen-bond donors (Lipinski definition) is 0. The first-order chi connectivity index (χ1) is 46.1. The van der Waals surface area contributed by atoms with Gasteiger partial charge in [-0.2, -0.15) is 0 Å². The molecule has 494 valence electrons. The Labute approximate surface area is 583 Å². The van der Waals surface area contributed by atoms with Crippen molar-refractivity contribution in [2.24, 2.45) is 0 Å². The highest BCUT2D eigenvalue weighted by Gasteiger charge is 2.54. The van der Waals surface area contributed by atoms with Gasteiger partial charge in [0.2, 0.25) is 0 Å². The first kappa shape index (κ1) is 64.8. The van der Waals surface area contributed by atoms with E-state index in [1.165, 1.54) is 82.8 Å². The summed E-state index contributed by atoms with van der Waals surface area (Å²) in [5.41, 5.74) is 26.1.